The Balaban J connectivity index is 2.03. The van der Waals surface area contributed by atoms with Gasteiger partial charge < -0.3 is 15.5 Å². The molecule has 0 fully saturated rings. The van der Waals surface area contributed by atoms with Gasteiger partial charge in [0.25, 0.3) is 0 Å². The van der Waals surface area contributed by atoms with Crippen molar-refractivity contribution in [2.75, 3.05) is 27.2 Å². The van der Waals surface area contributed by atoms with Crippen molar-refractivity contribution in [2.45, 2.75) is 19.4 Å². The lowest BCUT2D eigenvalue weighted by Gasteiger charge is -2.19. The van der Waals surface area contributed by atoms with E-state index in [0.29, 0.717) is 12.5 Å². The summed E-state index contributed by atoms with van der Waals surface area (Å²) in [6, 6.07) is 13.1. The number of amides is 1. The fourth-order valence-corrected chi connectivity index (χ4v) is 2.52. The average molecular weight is 388 g/mol. The number of aliphatic imine (C=N–C) groups is 1. The molecule has 5 nitrogen and oxygen atoms in total. The summed E-state index contributed by atoms with van der Waals surface area (Å²) in [6.07, 6.45) is 0.283. The predicted molar refractivity (Wildman–Crippen MR) is 107 cm³/mol. The topological polar surface area (TPSA) is 56.7 Å². The van der Waals surface area contributed by atoms with E-state index in [9.17, 15) is 13.6 Å². The molecule has 0 aliphatic heterocycles. The lowest BCUT2D eigenvalue weighted by molar-refractivity contribution is -0.127. The van der Waals surface area contributed by atoms with E-state index in [-0.39, 0.29) is 30.5 Å². The molecule has 0 saturated heterocycles. The minimum Gasteiger partial charge on any atom is -0.356 e. The fourth-order valence-electron chi connectivity index (χ4n) is 2.52. The van der Waals surface area contributed by atoms with Gasteiger partial charge in [-0.2, -0.15) is 0 Å². The Morgan fingerprint density at radius 1 is 1.14 bits per heavy atom. The van der Waals surface area contributed by atoms with Gasteiger partial charge in [0.15, 0.2) is 5.96 Å². The van der Waals surface area contributed by atoms with E-state index in [4.69, 9.17) is 0 Å². The van der Waals surface area contributed by atoms with Gasteiger partial charge in [0.1, 0.15) is 18.2 Å². The molecule has 2 N–H and O–H groups in total. The SMILES string of the molecule is CC(NC(=NCC(=O)N(C)C)NCCc1cc(F)ccc1F)c1ccccc1. The molecule has 0 heterocycles. The van der Waals surface area contributed by atoms with Crippen LogP contribution in [0.1, 0.15) is 24.1 Å². The highest BCUT2D eigenvalue weighted by Gasteiger charge is 2.10. The Hall–Kier alpha value is -2.96. The highest BCUT2D eigenvalue weighted by atomic mass is 19.1. The van der Waals surface area contributed by atoms with Crippen molar-refractivity contribution in [3.8, 4) is 0 Å². The van der Waals surface area contributed by atoms with Crippen LogP contribution in [-0.4, -0.2) is 44.0 Å². The molecule has 2 aromatic carbocycles. The van der Waals surface area contributed by atoms with Crippen molar-refractivity contribution in [3.05, 3.63) is 71.3 Å². The van der Waals surface area contributed by atoms with Crippen molar-refractivity contribution < 1.29 is 13.6 Å². The monoisotopic (exact) mass is 388 g/mol. The zero-order valence-electron chi connectivity index (χ0n) is 16.4. The van der Waals surface area contributed by atoms with E-state index in [0.717, 1.165) is 17.7 Å². The minimum atomic E-state index is -0.474. The Labute approximate surface area is 164 Å². The van der Waals surface area contributed by atoms with E-state index >= 15 is 0 Å². The van der Waals surface area contributed by atoms with Crippen LogP contribution in [0.15, 0.2) is 53.5 Å². The third-order valence-corrected chi connectivity index (χ3v) is 4.22. The fraction of sp³-hybridized carbons (Fsp3) is 0.333. The number of rotatable bonds is 7. The van der Waals surface area contributed by atoms with Crippen LogP contribution in [-0.2, 0) is 11.2 Å². The normalized spacial score (nSPS) is 12.4. The molecule has 2 rings (SSSR count). The van der Waals surface area contributed by atoms with Crippen LogP contribution in [0.3, 0.4) is 0 Å². The molecule has 1 unspecified atom stereocenters. The molecular weight excluding hydrogens is 362 g/mol. The molecule has 0 aliphatic rings. The van der Waals surface area contributed by atoms with Gasteiger partial charge in [-0.05, 0) is 42.7 Å². The summed E-state index contributed by atoms with van der Waals surface area (Å²) < 4.78 is 27.1. The van der Waals surface area contributed by atoms with Gasteiger partial charge in [0.2, 0.25) is 5.91 Å². The summed E-state index contributed by atoms with van der Waals surface area (Å²) in [7, 11) is 3.33. The highest BCUT2D eigenvalue weighted by molar-refractivity contribution is 5.85. The summed E-state index contributed by atoms with van der Waals surface area (Å²) in [5, 5.41) is 6.33. The highest BCUT2D eigenvalue weighted by Crippen LogP contribution is 2.11. The van der Waals surface area contributed by atoms with Crippen LogP contribution >= 0.6 is 0 Å². The average Bonchev–Trinajstić information content (AvgIpc) is 2.68. The van der Waals surface area contributed by atoms with E-state index < -0.39 is 11.6 Å². The molecule has 2 aromatic rings. The van der Waals surface area contributed by atoms with E-state index in [1.165, 1.54) is 11.0 Å². The van der Waals surface area contributed by atoms with Crippen molar-refractivity contribution in [2.24, 2.45) is 4.99 Å². The van der Waals surface area contributed by atoms with Crippen LogP contribution in [0.25, 0.3) is 0 Å². The van der Waals surface area contributed by atoms with Crippen LogP contribution in [0.4, 0.5) is 8.78 Å². The van der Waals surface area contributed by atoms with Crippen LogP contribution < -0.4 is 10.6 Å². The summed E-state index contributed by atoms with van der Waals surface area (Å²) in [5.74, 6) is -0.624. The molecule has 1 amide bonds. The second kappa shape index (κ2) is 10.4. The molecule has 0 radical (unpaired) electrons. The van der Waals surface area contributed by atoms with E-state index in [2.05, 4.69) is 15.6 Å². The number of hydrogen-bond acceptors (Lipinski definition) is 2. The molecule has 0 aliphatic carbocycles. The Morgan fingerprint density at radius 3 is 2.54 bits per heavy atom. The number of nitrogens with zero attached hydrogens (tertiary/aromatic N) is 2. The number of carbonyl (C=O) groups excluding carboxylic acids is 1. The lowest BCUT2D eigenvalue weighted by atomic mass is 10.1. The number of benzene rings is 2. The first-order chi connectivity index (χ1) is 13.4. The first kappa shape index (κ1) is 21.3. The lowest BCUT2D eigenvalue weighted by Crippen LogP contribution is -2.40. The minimum absolute atomic E-state index is 0.0157. The van der Waals surface area contributed by atoms with Crippen LogP contribution in [0.5, 0.6) is 0 Å². The predicted octanol–water partition coefficient (Wildman–Crippen LogP) is 2.89. The molecule has 7 heteroatoms. The van der Waals surface area contributed by atoms with Gasteiger partial charge in [-0.25, -0.2) is 13.8 Å². The van der Waals surface area contributed by atoms with E-state index in [1.54, 1.807) is 14.1 Å². The zero-order valence-corrected chi connectivity index (χ0v) is 16.4. The number of hydrogen-bond donors (Lipinski definition) is 2. The second-order valence-electron chi connectivity index (χ2n) is 6.64. The van der Waals surface area contributed by atoms with Gasteiger partial charge >= 0.3 is 0 Å². The Kier molecular flexibility index (Phi) is 7.92. The Morgan fingerprint density at radius 2 is 1.86 bits per heavy atom. The molecule has 28 heavy (non-hydrogen) atoms. The molecule has 0 aromatic heterocycles. The molecule has 0 saturated carbocycles. The van der Waals surface area contributed by atoms with Crippen molar-refractivity contribution in [1.29, 1.82) is 0 Å². The summed E-state index contributed by atoms with van der Waals surface area (Å²) in [5.41, 5.74) is 1.35. The number of carbonyl (C=O) groups is 1. The zero-order chi connectivity index (χ0) is 20.5. The molecule has 150 valence electrons. The van der Waals surface area contributed by atoms with Crippen molar-refractivity contribution in [1.82, 2.24) is 15.5 Å². The maximum absolute atomic E-state index is 13.8. The van der Waals surface area contributed by atoms with Gasteiger partial charge in [-0.1, -0.05) is 30.3 Å². The molecule has 0 spiro atoms. The second-order valence-corrected chi connectivity index (χ2v) is 6.64. The van der Waals surface area contributed by atoms with Gasteiger partial charge in [-0.3, -0.25) is 4.79 Å². The largest absolute Gasteiger partial charge is 0.356 e. The smallest absolute Gasteiger partial charge is 0.243 e. The van der Waals surface area contributed by atoms with Gasteiger partial charge in [0, 0.05) is 20.6 Å². The van der Waals surface area contributed by atoms with Crippen LogP contribution in [0, 0.1) is 11.6 Å². The quantitative estimate of drug-likeness (QED) is 0.567. The standard InChI is InChI=1S/C21H26F2N4O/c1-15(16-7-5-4-6-8-16)26-21(25-14-20(28)27(2)3)24-12-11-17-13-18(22)9-10-19(17)23/h4-10,13,15H,11-12,14H2,1-3H3,(H2,24,25,26). The van der Waals surface area contributed by atoms with E-state index in [1.807, 2.05) is 37.3 Å². The third kappa shape index (κ3) is 6.64. The number of guanidine groups is 1. The van der Waals surface area contributed by atoms with Crippen molar-refractivity contribution >= 4 is 11.9 Å². The summed E-state index contributed by atoms with van der Waals surface area (Å²) >= 11 is 0. The number of likely N-dealkylation sites (N-methyl/N-ethyl adjacent to an activating group) is 1. The Bertz CT molecular complexity index is 809. The van der Waals surface area contributed by atoms with Gasteiger partial charge in [0.05, 0.1) is 6.04 Å². The molecule has 1 atom stereocenters. The number of nitrogens with one attached hydrogen (secondary N) is 2. The molecular formula is C21H26F2N4O. The van der Waals surface area contributed by atoms with Crippen molar-refractivity contribution in [3.63, 3.8) is 0 Å². The third-order valence-electron chi connectivity index (χ3n) is 4.22. The molecule has 0 bridgehead atoms. The first-order valence-corrected chi connectivity index (χ1v) is 9.10. The summed E-state index contributed by atoms with van der Waals surface area (Å²) in [6.45, 7) is 2.30. The number of halogens is 2. The first-order valence-electron chi connectivity index (χ1n) is 9.10. The maximum Gasteiger partial charge on any atom is 0.243 e. The van der Waals surface area contributed by atoms with Gasteiger partial charge in [-0.15, -0.1) is 0 Å². The summed E-state index contributed by atoms with van der Waals surface area (Å²) in [4.78, 5) is 17.6. The maximum atomic E-state index is 13.8. The van der Waals surface area contributed by atoms with Crippen LogP contribution in [0.2, 0.25) is 0 Å².